The summed E-state index contributed by atoms with van der Waals surface area (Å²) in [7, 11) is 0. The maximum Gasteiger partial charge on any atom is 0.417 e. The first kappa shape index (κ1) is 19.0. The minimum absolute atomic E-state index is 0.0409. The normalized spacial score (nSPS) is 13.8. The van der Waals surface area contributed by atoms with E-state index in [2.05, 4.69) is 5.32 Å². The van der Waals surface area contributed by atoms with Crippen molar-refractivity contribution in [2.45, 2.75) is 13.1 Å². The predicted molar refractivity (Wildman–Crippen MR) is 94.1 cm³/mol. The van der Waals surface area contributed by atoms with Gasteiger partial charge in [-0.1, -0.05) is 17.7 Å². The molecule has 0 saturated carbocycles. The first-order valence-corrected chi connectivity index (χ1v) is 8.24. The Bertz CT molecular complexity index is 915. The molecule has 1 aliphatic rings. The number of ether oxygens (including phenoxy) is 1. The Morgan fingerprint density at radius 3 is 2.70 bits per heavy atom. The van der Waals surface area contributed by atoms with E-state index in [9.17, 15) is 22.8 Å². The third kappa shape index (κ3) is 4.33. The highest BCUT2D eigenvalue weighted by Crippen LogP contribution is 2.36. The number of esters is 1. The van der Waals surface area contributed by atoms with Crippen LogP contribution in [0.4, 0.5) is 24.5 Å². The van der Waals surface area contributed by atoms with E-state index in [0.717, 1.165) is 17.7 Å². The number of fused-ring (bicyclic) bond motifs is 1. The van der Waals surface area contributed by atoms with Gasteiger partial charge in [0, 0.05) is 5.69 Å². The molecule has 0 bridgehead atoms. The molecule has 0 aromatic heterocycles. The van der Waals surface area contributed by atoms with Crippen LogP contribution in [0.2, 0.25) is 5.02 Å². The molecule has 2 aromatic rings. The summed E-state index contributed by atoms with van der Waals surface area (Å²) in [5, 5.41) is 1.94. The molecular formula is C18H14ClF3N2O3. The lowest BCUT2D eigenvalue weighted by molar-refractivity contribution is -0.137. The van der Waals surface area contributed by atoms with E-state index in [0.29, 0.717) is 11.4 Å². The molecule has 27 heavy (non-hydrogen) atoms. The highest BCUT2D eigenvalue weighted by atomic mass is 35.5. The highest BCUT2D eigenvalue weighted by Gasteiger charge is 2.33. The SMILES string of the molecule is Cc1ccc2c(c1)N(CC(=O)Nc1ccc(Cl)c(C(F)(F)F)c1)CC(=O)O2. The number of alkyl halides is 3. The molecule has 2 aromatic carbocycles. The van der Waals surface area contributed by atoms with Gasteiger partial charge in [0.05, 0.1) is 22.8 Å². The summed E-state index contributed by atoms with van der Waals surface area (Å²) in [4.78, 5) is 25.5. The van der Waals surface area contributed by atoms with E-state index < -0.39 is 28.6 Å². The van der Waals surface area contributed by atoms with Gasteiger partial charge in [0.25, 0.3) is 0 Å². The molecule has 1 aliphatic heterocycles. The average Bonchev–Trinajstić information content (AvgIpc) is 2.56. The van der Waals surface area contributed by atoms with Crippen LogP contribution >= 0.6 is 11.6 Å². The summed E-state index contributed by atoms with van der Waals surface area (Å²) in [6.45, 7) is 1.48. The summed E-state index contributed by atoms with van der Waals surface area (Å²) in [5.41, 5.74) is 0.395. The van der Waals surface area contributed by atoms with Crippen LogP contribution in [0.3, 0.4) is 0 Å². The van der Waals surface area contributed by atoms with Crippen molar-refractivity contribution in [2.75, 3.05) is 23.3 Å². The zero-order valence-corrected chi connectivity index (χ0v) is 14.8. The molecule has 3 rings (SSSR count). The number of nitrogens with one attached hydrogen (secondary N) is 1. The first-order valence-electron chi connectivity index (χ1n) is 7.86. The van der Waals surface area contributed by atoms with Gasteiger partial charge in [0.15, 0.2) is 5.75 Å². The number of hydrogen-bond acceptors (Lipinski definition) is 4. The fraction of sp³-hybridized carbons (Fsp3) is 0.222. The number of amides is 1. The van der Waals surface area contributed by atoms with Crippen LogP contribution in [0, 0.1) is 6.92 Å². The van der Waals surface area contributed by atoms with Crippen LogP contribution in [-0.2, 0) is 15.8 Å². The zero-order valence-electron chi connectivity index (χ0n) is 14.1. The van der Waals surface area contributed by atoms with Crippen LogP contribution in [0.1, 0.15) is 11.1 Å². The molecule has 0 fully saturated rings. The maximum atomic E-state index is 12.9. The van der Waals surface area contributed by atoms with E-state index in [4.69, 9.17) is 16.3 Å². The number of carbonyl (C=O) groups excluding carboxylic acids is 2. The smallest absolute Gasteiger partial charge is 0.417 e. The summed E-state index contributed by atoms with van der Waals surface area (Å²) in [6.07, 6.45) is -4.63. The first-order chi connectivity index (χ1) is 12.6. The van der Waals surface area contributed by atoms with Crippen LogP contribution in [0.25, 0.3) is 0 Å². The van der Waals surface area contributed by atoms with Gasteiger partial charge in [-0.25, -0.2) is 4.79 Å². The third-order valence-corrected chi connectivity index (χ3v) is 4.22. The van der Waals surface area contributed by atoms with Gasteiger partial charge >= 0.3 is 12.1 Å². The quantitative estimate of drug-likeness (QED) is 0.626. The van der Waals surface area contributed by atoms with Crippen LogP contribution in [0.5, 0.6) is 5.75 Å². The second-order valence-corrected chi connectivity index (χ2v) is 6.45. The third-order valence-electron chi connectivity index (χ3n) is 3.89. The van der Waals surface area contributed by atoms with Crippen molar-refractivity contribution in [2.24, 2.45) is 0 Å². The number of rotatable bonds is 3. The standard InChI is InChI=1S/C18H14ClF3N2O3/c1-10-2-5-15-14(6-10)24(9-17(26)27-15)8-16(25)23-11-3-4-13(19)12(7-11)18(20,21)22/h2-7H,8-9H2,1H3,(H,23,25). The second kappa shape index (κ2) is 7.11. The number of carbonyl (C=O) groups is 2. The van der Waals surface area contributed by atoms with Crippen molar-refractivity contribution in [1.29, 1.82) is 0 Å². The number of nitrogens with zero attached hydrogens (tertiary/aromatic N) is 1. The molecule has 1 heterocycles. The Balaban J connectivity index is 1.77. The number of benzene rings is 2. The van der Waals surface area contributed by atoms with E-state index in [1.807, 2.05) is 6.92 Å². The Morgan fingerprint density at radius 1 is 1.26 bits per heavy atom. The average molecular weight is 399 g/mol. The van der Waals surface area contributed by atoms with Gasteiger partial charge in [-0.2, -0.15) is 13.2 Å². The van der Waals surface area contributed by atoms with Crippen LogP contribution in [0.15, 0.2) is 36.4 Å². The fourth-order valence-corrected chi connectivity index (χ4v) is 2.92. The second-order valence-electron chi connectivity index (χ2n) is 6.04. The van der Waals surface area contributed by atoms with Crippen molar-refractivity contribution < 1.29 is 27.5 Å². The molecule has 142 valence electrons. The van der Waals surface area contributed by atoms with E-state index >= 15 is 0 Å². The fourth-order valence-electron chi connectivity index (χ4n) is 2.69. The molecule has 0 saturated heterocycles. The summed E-state index contributed by atoms with van der Waals surface area (Å²) >= 11 is 5.57. The Morgan fingerprint density at radius 2 is 2.00 bits per heavy atom. The molecule has 0 unspecified atom stereocenters. The number of anilines is 2. The molecule has 0 spiro atoms. The zero-order chi connectivity index (χ0) is 19.8. The van der Waals surface area contributed by atoms with Gasteiger partial charge < -0.3 is 15.0 Å². The molecular weight excluding hydrogens is 385 g/mol. The van der Waals surface area contributed by atoms with E-state index in [-0.39, 0.29) is 18.8 Å². The molecule has 0 radical (unpaired) electrons. The van der Waals surface area contributed by atoms with E-state index in [1.54, 1.807) is 18.2 Å². The van der Waals surface area contributed by atoms with Crippen molar-refractivity contribution in [3.05, 3.63) is 52.5 Å². The van der Waals surface area contributed by atoms with Gasteiger partial charge in [-0.15, -0.1) is 0 Å². The molecule has 5 nitrogen and oxygen atoms in total. The van der Waals surface area contributed by atoms with Crippen molar-refractivity contribution >= 4 is 34.9 Å². The molecule has 0 atom stereocenters. The number of hydrogen-bond donors (Lipinski definition) is 1. The van der Waals surface area contributed by atoms with Gasteiger partial charge in [-0.05, 0) is 42.8 Å². The summed E-state index contributed by atoms with van der Waals surface area (Å²) in [5.74, 6) is -0.770. The minimum atomic E-state index is -4.63. The molecule has 9 heteroatoms. The number of aryl methyl sites for hydroxylation is 1. The highest BCUT2D eigenvalue weighted by molar-refractivity contribution is 6.31. The maximum absolute atomic E-state index is 12.9. The monoisotopic (exact) mass is 398 g/mol. The minimum Gasteiger partial charge on any atom is -0.423 e. The lowest BCUT2D eigenvalue weighted by atomic mass is 10.1. The summed E-state index contributed by atoms with van der Waals surface area (Å²) < 4.78 is 43.9. The molecule has 1 amide bonds. The predicted octanol–water partition coefficient (Wildman–Crippen LogP) is 4.03. The summed E-state index contributed by atoms with van der Waals surface area (Å²) in [6, 6.07) is 8.26. The lowest BCUT2D eigenvalue weighted by Gasteiger charge is -2.29. The van der Waals surface area contributed by atoms with Crippen molar-refractivity contribution in [3.8, 4) is 5.75 Å². The molecule has 0 aliphatic carbocycles. The van der Waals surface area contributed by atoms with Crippen molar-refractivity contribution in [1.82, 2.24) is 0 Å². The van der Waals surface area contributed by atoms with Crippen LogP contribution < -0.4 is 15.0 Å². The topological polar surface area (TPSA) is 58.6 Å². The number of halogens is 4. The van der Waals surface area contributed by atoms with Gasteiger partial charge in [-0.3, -0.25) is 4.79 Å². The van der Waals surface area contributed by atoms with E-state index in [1.165, 1.54) is 11.0 Å². The van der Waals surface area contributed by atoms with Gasteiger partial charge in [0.2, 0.25) is 5.91 Å². The van der Waals surface area contributed by atoms with Crippen molar-refractivity contribution in [3.63, 3.8) is 0 Å². The Kier molecular flexibility index (Phi) is 5.01. The van der Waals surface area contributed by atoms with Crippen LogP contribution in [-0.4, -0.2) is 25.0 Å². The largest absolute Gasteiger partial charge is 0.423 e. The Labute approximate surface area is 157 Å². The van der Waals surface area contributed by atoms with Gasteiger partial charge in [0.1, 0.15) is 6.54 Å². The Hall–Kier alpha value is -2.74. The molecule has 1 N–H and O–H groups in total. The lowest BCUT2D eigenvalue weighted by Crippen LogP contribution is -2.41.